The minimum atomic E-state index is -4.57. The van der Waals surface area contributed by atoms with Gasteiger partial charge in [0.05, 0.1) is 6.20 Å². The standard InChI is InChI=1S/C8H3ClF3N3OS/c9-6-14-4(8(10,11)12)3-5(15-6)17-7-13-1-2-16-7/h1-3H. The quantitative estimate of drug-likeness (QED) is 0.624. The highest BCUT2D eigenvalue weighted by Crippen LogP contribution is 2.32. The molecule has 0 unspecified atom stereocenters. The van der Waals surface area contributed by atoms with Crippen LogP contribution in [0.15, 0.2) is 33.2 Å². The summed E-state index contributed by atoms with van der Waals surface area (Å²) < 4.78 is 42.2. The number of alkyl halides is 3. The van der Waals surface area contributed by atoms with Crippen LogP contribution in [0, 0.1) is 0 Å². The summed E-state index contributed by atoms with van der Waals surface area (Å²) in [5, 5.41) is -0.290. The van der Waals surface area contributed by atoms with Crippen LogP contribution in [0.25, 0.3) is 0 Å². The van der Waals surface area contributed by atoms with E-state index in [2.05, 4.69) is 15.0 Å². The molecule has 17 heavy (non-hydrogen) atoms. The molecule has 0 radical (unpaired) electrons. The molecule has 0 aliphatic carbocycles. The molecule has 0 fully saturated rings. The normalized spacial score (nSPS) is 11.8. The molecule has 0 saturated heterocycles. The fourth-order valence-electron chi connectivity index (χ4n) is 0.945. The van der Waals surface area contributed by atoms with Gasteiger partial charge in [0.25, 0.3) is 5.22 Å². The van der Waals surface area contributed by atoms with Crippen molar-refractivity contribution in [2.75, 3.05) is 0 Å². The van der Waals surface area contributed by atoms with Gasteiger partial charge in [-0.25, -0.2) is 15.0 Å². The zero-order chi connectivity index (χ0) is 12.5. The Morgan fingerprint density at radius 1 is 1.29 bits per heavy atom. The second-order valence-corrected chi connectivity index (χ2v) is 4.07. The maximum atomic E-state index is 12.4. The fourth-order valence-corrected chi connectivity index (χ4v) is 1.88. The van der Waals surface area contributed by atoms with E-state index < -0.39 is 17.2 Å². The molecule has 0 saturated carbocycles. The van der Waals surface area contributed by atoms with Gasteiger partial charge in [-0.1, -0.05) is 0 Å². The van der Waals surface area contributed by atoms with Crippen LogP contribution in [0.5, 0.6) is 0 Å². The summed E-state index contributed by atoms with van der Waals surface area (Å²) in [4.78, 5) is 10.5. The number of rotatable bonds is 2. The van der Waals surface area contributed by atoms with Crippen molar-refractivity contribution in [1.82, 2.24) is 15.0 Å². The zero-order valence-corrected chi connectivity index (χ0v) is 9.47. The van der Waals surface area contributed by atoms with Gasteiger partial charge in [-0.3, -0.25) is 0 Å². The number of aromatic nitrogens is 3. The second kappa shape index (κ2) is 4.53. The van der Waals surface area contributed by atoms with E-state index in [1.165, 1.54) is 12.5 Å². The van der Waals surface area contributed by atoms with E-state index in [-0.39, 0.29) is 10.2 Å². The molecule has 0 aliphatic heterocycles. The zero-order valence-electron chi connectivity index (χ0n) is 7.90. The number of hydrogen-bond donors (Lipinski definition) is 0. The Morgan fingerprint density at radius 3 is 2.65 bits per heavy atom. The third-order valence-corrected chi connectivity index (χ3v) is 2.53. The molecule has 9 heteroatoms. The van der Waals surface area contributed by atoms with Crippen LogP contribution in [-0.2, 0) is 6.18 Å². The molecule has 2 heterocycles. The smallest absolute Gasteiger partial charge is 0.433 e. The van der Waals surface area contributed by atoms with E-state index in [9.17, 15) is 13.2 Å². The molecule has 0 amide bonds. The molecule has 2 rings (SSSR count). The summed E-state index contributed by atoms with van der Waals surface area (Å²) in [5.74, 6) is 0. The van der Waals surface area contributed by atoms with Crippen LogP contribution < -0.4 is 0 Å². The van der Waals surface area contributed by atoms with Gasteiger partial charge < -0.3 is 4.42 Å². The first-order valence-corrected chi connectivity index (χ1v) is 5.34. The van der Waals surface area contributed by atoms with Crippen molar-refractivity contribution in [2.45, 2.75) is 16.4 Å². The summed E-state index contributed by atoms with van der Waals surface area (Å²) in [6.45, 7) is 0. The van der Waals surface area contributed by atoms with E-state index in [4.69, 9.17) is 16.0 Å². The Morgan fingerprint density at radius 2 is 2.06 bits per heavy atom. The molecule has 0 aliphatic rings. The lowest BCUT2D eigenvalue weighted by atomic mass is 10.4. The molecule has 0 aromatic carbocycles. The van der Waals surface area contributed by atoms with Gasteiger partial charge in [-0.15, -0.1) is 0 Å². The van der Waals surface area contributed by atoms with Gasteiger partial charge >= 0.3 is 6.18 Å². The summed E-state index contributed by atoms with van der Waals surface area (Å²) in [6, 6.07) is 0.779. The lowest BCUT2D eigenvalue weighted by Gasteiger charge is -2.06. The maximum Gasteiger partial charge on any atom is 0.433 e. The predicted octanol–water partition coefficient (Wildman–Crippen LogP) is 3.29. The minimum Gasteiger partial charge on any atom is -0.440 e. The first-order valence-electron chi connectivity index (χ1n) is 4.14. The average molecular weight is 282 g/mol. The van der Waals surface area contributed by atoms with Crippen molar-refractivity contribution in [2.24, 2.45) is 0 Å². The van der Waals surface area contributed by atoms with Crippen LogP contribution in [0.3, 0.4) is 0 Å². The van der Waals surface area contributed by atoms with Crippen LogP contribution >= 0.6 is 23.4 Å². The number of nitrogens with zero attached hydrogens (tertiary/aromatic N) is 3. The molecular formula is C8H3ClF3N3OS. The summed E-state index contributed by atoms with van der Waals surface area (Å²) >= 11 is 6.24. The summed E-state index contributed by atoms with van der Waals surface area (Å²) in [5.41, 5.74) is -1.11. The highest BCUT2D eigenvalue weighted by Gasteiger charge is 2.33. The largest absolute Gasteiger partial charge is 0.440 e. The SMILES string of the molecule is FC(F)(F)c1cc(Sc2ncco2)nc(Cl)n1. The van der Waals surface area contributed by atoms with Gasteiger partial charge in [0.15, 0.2) is 5.69 Å². The maximum absolute atomic E-state index is 12.4. The highest BCUT2D eigenvalue weighted by molar-refractivity contribution is 7.99. The number of hydrogen-bond acceptors (Lipinski definition) is 5. The van der Waals surface area contributed by atoms with Crippen LogP contribution in [0.4, 0.5) is 13.2 Å². The topological polar surface area (TPSA) is 51.8 Å². The van der Waals surface area contributed by atoms with E-state index in [0.29, 0.717) is 0 Å². The summed E-state index contributed by atoms with van der Waals surface area (Å²) in [7, 11) is 0. The average Bonchev–Trinajstić information content (AvgIpc) is 2.68. The van der Waals surface area contributed by atoms with E-state index >= 15 is 0 Å². The summed E-state index contributed by atoms with van der Waals surface area (Å²) in [6.07, 6.45) is -1.90. The van der Waals surface area contributed by atoms with Crippen molar-refractivity contribution >= 4 is 23.4 Å². The van der Waals surface area contributed by atoms with Gasteiger partial charge in [-0.2, -0.15) is 13.2 Å². The third kappa shape index (κ3) is 3.10. The van der Waals surface area contributed by atoms with Gasteiger partial charge in [0.1, 0.15) is 11.3 Å². The van der Waals surface area contributed by atoms with Crippen LogP contribution in [-0.4, -0.2) is 15.0 Å². The molecule has 2 aromatic heterocycles. The Bertz CT molecular complexity index is 517. The van der Waals surface area contributed by atoms with Crippen molar-refractivity contribution < 1.29 is 17.6 Å². The van der Waals surface area contributed by atoms with Crippen molar-refractivity contribution in [3.63, 3.8) is 0 Å². The van der Waals surface area contributed by atoms with Crippen molar-refractivity contribution in [3.05, 3.63) is 29.5 Å². The van der Waals surface area contributed by atoms with Crippen molar-refractivity contribution in [3.8, 4) is 0 Å². The molecular weight excluding hydrogens is 279 g/mol. The molecule has 90 valence electrons. The lowest BCUT2D eigenvalue weighted by Crippen LogP contribution is -2.09. The monoisotopic (exact) mass is 281 g/mol. The van der Waals surface area contributed by atoms with Crippen molar-refractivity contribution in [1.29, 1.82) is 0 Å². The van der Waals surface area contributed by atoms with Crippen LogP contribution in [0.2, 0.25) is 5.28 Å². The molecule has 2 aromatic rings. The molecule has 4 nitrogen and oxygen atoms in total. The first-order chi connectivity index (χ1) is 7.95. The highest BCUT2D eigenvalue weighted by atomic mass is 35.5. The third-order valence-electron chi connectivity index (χ3n) is 1.57. The Hall–Kier alpha value is -1.28. The molecule has 0 spiro atoms. The Balaban J connectivity index is 2.32. The van der Waals surface area contributed by atoms with Crippen LogP contribution in [0.1, 0.15) is 5.69 Å². The van der Waals surface area contributed by atoms with E-state index in [1.54, 1.807) is 0 Å². The fraction of sp³-hybridized carbons (Fsp3) is 0.125. The van der Waals surface area contributed by atoms with Gasteiger partial charge in [-0.05, 0) is 23.4 Å². The lowest BCUT2D eigenvalue weighted by molar-refractivity contribution is -0.141. The predicted molar refractivity (Wildman–Crippen MR) is 52.7 cm³/mol. The minimum absolute atomic E-state index is 0.0137. The van der Waals surface area contributed by atoms with E-state index in [0.717, 1.165) is 17.8 Å². The first kappa shape index (κ1) is 12.2. The Kier molecular flexibility index (Phi) is 3.25. The second-order valence-electron chi connectivity index (χ2n) is 2.76. The van der Waals surface area contributed by atoms with E-state index in [1.807, 2.05) is 0 Å². The van der Waals surface area contributed by atoms with Gasteiger partial charge in [0.2, 0.25) is 5.28 Å². The molecule has 0 N–H and O–H groups in total. The number of halogens is 4. The Labute approximate surface area is 102 Å². The number of oxazole rings is 1. The molecule has 0 atom stereocenters. The van der Waals surface area contributed by atoms with Gasteiger partial charge in [0, 0.05) is 6.07 Å². The molecule has 0 bridgehead atoms.